The van der Waals surface area contributed by atoms with Crippen molar-refractivity contribution in [3.05, 3.63) is 29.3 Å². The average Bonchev–Trinajstić information content (AvgIpc) is 3.28. The van der Waals surface area contributed by atoms with Gasteiger partial charge in [0, 0.05) is 24.7 Å². The van der Waals surface area contributed by atoms with Gasteiger partial charge in [0.2, 0.25) is 11.7 Å². The van der Waals surface area contributed by atoms with Gasteiger partial charge in [-0.3, -0.25) is 24.1 Å². The molecule has 9 nitrogen and oxygen atoms in total. The maximum atomic E-state index is 12.8. The molecule has 9 heteroatoms. The van der Waals surface area contributed by atoms with Crippen LogP contribution in [-0.2, 0) is 25.5 Å². The molecule has 4 amide bonds. The van der Waals surface area contributed by atoms with E-state index in [1.165, 1.54) is 13.8 Å². The van der Waals surface area contributed by atoms with Crippen LogP contribution in [0.15, 0.2) is 18.2 Å². The molecule has 1 N–H and O–H groups in total. The van der Waals surface area contributed by atoms with Gasteiger partial charge in [0.25, 0.3) is 5.91 Å². The summed E-state index contributed by atoms with van der Waals surface area (Å²) in [5.74, 6) is -1.65. The molecule has 32 heavy (non-hydrogen) atoms. The summed E-state index contributed by atoms with van der Waals surface area (Å²) in [6.45, 7) is 3.00. The summed E-state index contributed by atoms with van der Waals surface area (Å²) in [5.41, 5.74) is 1.15. The number of Topliss-reactive ketones (excluding diaryl/α,β-unsaturated/α-hetero) is 1. The third-order valence-corrected chi connectivity index (χ3v) is 6.56. The smallest absolute Gasteiger partial charge is 0.326 e. The molecule has 0 bridgehead atoms. The third-order valence-electron chi connectivity index (χ3n) is 6.56. The van der Waals surface area contributed by atoms with Gasteiger partial charge in [0.05, 0.1) is 0 Å². The van der Waals surface area contributed by atoms with Gasteiger partial charge in [-0.05, 0) is 49.9 Å². The predicted octanol–water partition coefficient (Wildman–Crippen LogP) is 1.96. The van der Waals surface area contributed by atoms with Crippen molar-refractivity contribution in [2.45, 2.75) is 64.0 Å². The van der Waals surface area contributed by atoms with Gasteiger partial charge in [-0.15, -0.1) is 0 Å². The van der Waals surface area contributed by atoms with Crippen LogP contribution in [0.3, 0.4) is 0 Å². The number of urea groups is 1. The van der Waals surface area contributed by atoms with Crippen LogP contribution in [0.1, 0.15) is 61.9 Å². The van der Waals surface area contributed by atoms with Crippen molar-refractivity contribution in [2.24, 2.45) is 0 Å². The number of anilines is 1. The summed E-state index contributed by atoms with van der Waals surface area (Å²) < 4.78 is 5.25. The molecule has 2 heterocycles. The second-order valence-electron chi connectivity index (χ2n) is 8.72. The molecule has 1 aliphatic carbocycles. The van der Waals surface area contributed by atoms with Crippen LogP contribution in [0.2, 0.25) is 0 Å². The number of nitrogens with zero attached hydrogens (tertiary/aromatic N) is 2. The average molecular weight is 441 g/mol. The van der Waals surface area contributed by atoms with E-state index in [0.717, 1.165) is 35.4 Å². The number of hydrogen-bond acceptors (Lipinski definition) is 6. The van der Waals surface area contributed by atoms with Gasteiger partial charge in [0.1, 0.15) is 12.1 Å². The Balaban J connectivity index is 1.38. The zero-order chi connectivity index (χ0) is 23.0. The van der Waals surface area contributed by atoms with E-state index < -0.39 is 36.1 Å². The number of nitrogens with one attached hydrogen (secondary N) is 1. The molecule has 0 aromatic heterocycles. The minimum Gasteiger partial charge on any atom is -0.453 e. The third kappa shape index (κ3) is 3.87. The molecule has 1 saturated carbocycles. The Kier molecular flexibility index (Phi) is 5.75. The van der Waals surface area contributed by atoms with Crippen molar-refractivity contribution in [1.29, 1.82) is 0 Å². The molecule has 2 fully saturated rings. The van der Waals surface area contributed by atoms with E-state index in [9.17, 15) is 24.0 Å². The summed E-state index contributed by atoms with van der Waals surface area (Å²) in [6.07, 6.45) is 3.42. The highest BCUT2D eigenvalue weighted by Gasteiger charge is 2.51. The minimum absolute atomic E-state index is 0.0550. The molecule has 2 aliphatic heterocycles. The lowest BCUT2D eigenvalue weighted by Gasteiger charge is -2.30. The number of ether oxygens (including phenoxy) is 1. The lowest BCUT2D eigenvalue weighted by atomic mass is 9.82. The number of rotatable bonds is 5. The summed E-state index contributed by atoms with van der Waals surface area (Å²) >= 11 is 0. The van der Waals surface area contributed by atoms with Crippen LogP contribution in [-0.4, -0.2) is 59.2 Å². The second-order valence-corrected chi connectivity index (χ2v) is 8.72. The molecule has 1 atom stereocenters. The van der Waals surface area contributed by atoms with E-state index in [-0.39, 0.29) is 11.7 Å². The predicted molar refractivity (Wildman–Crippen MR) is 114 cm³/mol. The molecule has 1 aromatic carbocycles. The van der Waals surface area contributed by atoms with Crippen molar-refractivity contribution in [1.82, 2.24) is 10.2 Å². The monoisotopic (exact) mass is 441 g/mol. The fraction of sp³-hybridized carbons (Fsp3) is 0.522. The van der Waals surface area contributed by atoms with Crippen LogP contribution >= 0.6 is 0 Å². The van der Waals surface area contributed by atoms with E-state index in [2.05, 4.69) is 5.32 Å². The second kappa shape index (κ2) is 8.37. The quantitative estimate of drug-likeness (QED) is 0.425. The zero-order valence-electron chi connectivity index (χ0n) is 18.3. The Bertz CT molecular complexity index is 997. The summed E-state index contributed by atoms with van der Waals surface area (Å²) in [4.78, 5) is 64.5. The first kappa shape index (κ1) is 22.0. The number of hydrogen-bond donors (Lipinski definition) is 1. The highest BCUT2D eigenvalue weighted by Crippen LogP contribution is 2.33. The molecular formula is C23H27N3O6. The Morgan fingerprint density at radius 3 is 2.56 bits per heavy atom. The Morgan fingerprint density at radius 1 is 1.16 bits per heavy atom. The lowest BCUT2D eigenvalue weighted by Crippen LogP contribution is -2.48. The van der Waals surface area contributed by atoms with E-state index in [1.54, 1.807) is 23.1 Å². The first-order chi connectivity index (χ1) is 15.2. The number of fused-ring (bicyclic) bond motifs is 1. The number of esters is 1. The number of ketones is 1. The molecule has 3 aliphatic rings. The summed E-state index contributed by atoms with van der Waals surface area (Å²) in [6, 6.07) is 4.45. The fourth-order valence-electron chi connectivity index (χ4n) is 4.85. The summed E-state index contributed by atoms with van der Waals surface area (Å²) in [5, 5.41) is 2.75. The Morgan fingerprint density at radius 2 is 1.88 bits per heavy atom. The topological polar surface area (TPSA) is 113 Å². The number of amides is 4. The molecular weight excluding hydrogens is 414 g/mol. The van der Waals surface area contributed by atoms with Gasteiger partial charge in [0.15, 0.2) is 6.10 Å². The van der Waals surface area contributed by atoms with Crippen molar-refractivity contribution >= 4 is 35.3 Å². The highest BCUT2D eigenvalue weighted by atomic mass is 16.5. The Labute approximate surface area is 186 Å². The van der Waals surface area contributed by atoms with Gasteiger partial charge in [-0.1, -0.05) is 19.3 Å². The molecule has 1 saturated heterocycles. The lowest BCUT2D eigenvalue weighted by molar-refractivity contribution is -0.150. The molecule has 1 unspecified atom stereocenters. The van der Waals surface area contributed by atoms with Crippen LogP contribution in [0.25, 0.3) is 0 Å². The van der Waals surface area contributed by atoms with Crippen LogP contribution < -0.4 is 10.2 Å². The molecule has 1 aromatic rings. The first-order valence-corrected chi connectivity index (χ1v) is 11.0. The summed E-state index contributed by atoms with van der Waals surface area (Å²) in [7, 11) is 0. The van der Waals surface area contributed by atoms with Crippen LogP contribution in [0.4, 0.5) is 10.5 Å². The highest BCUT2D eigenvalue weighted by molar-refractivity contribution is 6.09. The van der Waals surface area contributed by atoms with E-state index in [1.807, 2.05) is 0 Å². The number of carbonyl (C=O) groups excluding carboxylic acids is 5. The first-order valence-electron chi connectivity index (χ1n) is 11.0. The van der Waals surface area contributed by atoms with Crippen LogP contribution in [0, 0.1) is 0 Å². The number of imide groups is 1. The van der Waals surface area contributed by atoms with E-state index >= 15 is 0 Å². The molecule has 1 spiro atoms. The van der Waals surface area contributed by atoms with Gasteiger partial charge in [-0.25, -0.2) is 4.79 Å². The SMILES string of the molecule is CC(=O)N1CCc2cc(C(=O)C(C)OC(=O)CN3C(=O)NC4(CCCCC4)C3=O)ccc21. The van der Waals surface area contributed by atoms with Crippen molar-refractivity contribution in [3.63, 3.8) is 0 Å². The van der Waals surface area contributed by atoms with Crippen LogP contribution in [0.5, 0.6) is 0 Å². The molecule has 0 radical (unpaired) electrons. The Hall–Kier alpha value is -3.23. The largest absolute Gasteiger partial charge is 0.453 e. The van der Waals surface area contributed by atoms with Crippen molar-refractivity contribution < 1.29 is 28.7 Å². The maximum absolute atomic E-state index is 12.8. The maximum Gasteiger partial charge on any atom is 0.326 e. The van der Waals surface area contributed by atoms with E-state index in [0.29, 0.717) is 31.4 Å². The van der Waals surface area contributed by atoms with Crippen molar-refractivity contribution in [3.8, 4) is 0 Å². The molecule has 4 rings (SSSR count). The fourth-order valence-corrected chi connectivity index (χ4v) is 4.85. The van der Waals surface area contributed by atoms with Crippen molar-refractivity contribution in [2.75, 3.05) is 18.0 Å². The number of carbonyl (C=O) groups is 5. The number of benzene rings is 1. The minimum atomic E-state index is -1.07. The van der Waals surface area contributed by atoms with Gasteiger partial charge in [-0.2, -0.15) is 0 Å². The van der Waals surface area contributed by atoms with Gasteiger partial charge >= 0.3 is 12.0 Å². The molecule has 170 valence electrons. The zero-order valence-corrected chi connectivity index (χ0v) is 18.3. The standard InChI is InChI=1S/C23H27N3O6/c1-14(20(29)17-6-7-18-16(12-17)8-11-25(18)15(2)27)32-19(28)13-26-21(30)23(24-22(26)31)9-4-3-5-10-23/h6-7,12,14H,3-5,8-11,13H2,1-2H3,(H,24,31). The van der Waals surface area contributed by atoms with E-state index in [4.69, 9.17) is 4.74 Å². The normalized spacial score (nSPS) is 20.2. The van der Waals surface area contributed by atoms with Gasteiger partial charge < -0.3 is 15.0 Å².